The van der Waals surface area contributed by atoms with E-state index in [4.69, 9.17) is 0 Å². The number of allylic oxidation sites excluding steroid dienone is 4. The molecule has 0 N–H and O–H groups in total. The highest BCUT2D eigenvalue weighted by Crippen LogP contribution is 2.58. The highest BCUT2D eigenvalue weighted by atomic mass is 14.5. The van der Waals surface area contributed by atoms with Crippen molar-refractivity contribution in [1.29, 1.82) is 0 Å². The first-order chi connectivity index (χ1) is 8.40. The van der Waals surface area contributed by atoms with Crippen LogP contribution in [0.5, 0.6) is 0 Å². The van der Waals surface area contributed by atoms with E-state index in [1.54, 1.807) is 0 Å². The van der Waals surface area contributed by atoms with Crippen molar-refractivity contribution >= 4 is 0 Å². The second-order valence-electron chi connectivity index (χ2n) is 6.31. The SMILES string of the molecule is CCCCCCCCC1=C[C@@H]2[C@H]1[C@H]1C=C[C@@H]2C1. The monoisotopic (exact) mass is 230 g/mol. The Labute approximate surface area is 106 Å². The van der Waals surface area contributed by atoms with E-state index in [0.29, 0.717) is 0 Å². The molecule has 2 bridgehead atoms. The van der Waals surface area contributed by atoms with Crippen molar-refractivity contribution in [2.75, 3.05) is 0 Å². The number of hydrogen-bond acceptors (Lipinski definition) is 0. The third kappa shape index (κ3) is 2.11. The van der Waals surface area contributed by atoms with Crippen LogP contribution in [0.4, 0.5) is 0 Å². The number of unbranched alkanes of at least 4 members (excludes halogenated alkanes) is 5. The lowest BCUT2D eigenvalue weighted by molar-refractivity contribution is 0.354. The summed E-state index contributed by atoms with van der Waals surface area (Å²) in [4.78, 5) is 0. The molecular formula is C17H26. The van der Waals surface area contributed by atoms with E-state index in [1.807, 2.05) is 5.57 Å². The predicted molar refractivity (Wildman–Crippen MR) is 73.8 cm³/mol. The lowest BCUT2D eigenvalue weighted by Crippen LogP contribution is -2.28. The maximum Gasteiger partial charge on any atom is -0.00712 e. The molecular weight excluding hydrogens is 204 g/mol. The zero-order valence-electron chi connectivity index (χ0n) is 11.2. The minimum absolute atomic E-state index is 0.929. The number of hydrogen-bond donors (Lipinski definition) is 0. The van der Waals surface area contributed by atoms with Gasteiger partial charge in [0.25, 0.3) is 0 Å². The molecule has 3 aliphatic rings. The van der Waals surface area contributed by atoms with Crippen LogP contribution in [0.25, 0.3) is 0 Å². The summed E-state index contributed by atoms with van der Waals surface area (Å²) in [5.74, 6) is 3.81. The minimum Gasteiger partial charge on any atom is -0.0845 e. The second-order valence-corrected chi connectivity index (χ2v) is 6.31. The third-order valence-corrected chi connectivity index (χ3v) is 5.17. The van der Waals surface area contributed by atoms with Gasteiger partial charge < -0.3 is 0 Å². The van der Waals surface area contributed by atoms with Gasteiger partial charge in [-0.2, -0.15) is 0 Å². The molecule has 0 nitrogen and oxygen atoms in total. The Bertz CT molecular complexity index is 323. The molecule has 0 unspecified atom stereocenters. The van der Waals surface area contributed by atoms with E-state index in [0.717, 1.165) is 23.7 Å². The van der Waals surface area contributed by atoms with Gasteiger partial charge in [-0.3, -0.25) is 0 Å². The van der Waals surface area contributed by atoms with Crippen molar-refractivity contribution in [3.05, 3.63) is 23.8 Å². The fourth-order valence-corrected chi connectivity index (χ4v) is 4.21. The maximum atomic E-state index is 2.62. The van der Waals surface area contributed by atoms with Crippen LogP contribution in [0.15, 0.2) is 23.8 Å². The smallest absolute Gasteiger partial charge is 0.00712 e. The van der Waals surface area contributed by atoms with Crippen molar-refractivity contribution in [2.45, 2.75) is 58.3 Å². The van der Waals surface area contributed by atoms with Gasteiger partial charge in [0.1, 0.15) is 0 Å². The molecule has 17 heavy (non-hydrogen) atoms. The molecule has 94 valence electrons. The Morgan fingerprint density at radius 3 is 2.59 bits per heavy atom. The van der Waals surface area contributed by atoms with Gasteiger partial charge in [-0.25, -0.2) is 0 Å². The summed E-state index contributed by atoms with van der Waals surface area (Å²) in [5.41, 5.74) is 1.82. The molecule has 1 fully saturated rings. The fraction of sp³-hybridized carbons (Fsp3) is 0.765. The zero-order chi connectivity index (χ0) is 11.7. The largest absolute Gasteiger partial charge is 0.0845 e. The maximum absolute atomic E-state index is 2.62. The van der Waals surface area contributed by atoms with E-state index < -0.39 is 0 Å². The Kier molecular flexibility index (Phi) is 3.40. The summed E-state index contributed by atoms with van der Waals surface area (Å²) >= 11 is 0. The molecule has 0 aromatic carbocycles. The van der Waals surface area contributed by atoms with Crippen molar-refractivity contribution < 1.29 is 0 Å². The van der Waals surface area contributed by atoms with Crippen molar-refractivity contribution in [3.63, 3.8) is 0 Å². The quantitative estimate of drug-likeness (QED) is 0.421. The molecule has 1 saturated carbocycles. The summed E-state index contributed by atoms with van der Waals surface area (Å²) in [5, 5.41) is 0. The average molecular weight is 230 g/mol. The first-order valence-electron chi connectivity index (χ1n) is 7.79. The molecule has 0 heterocycles. The molecule has 0 radical (unpaired) electrons. The Morgan fingerprint density at radius 1 is 1.00 bits per heavy atom. The Hall–Kier alpha value is -0.520. The van der Waals surface area contributed by atoms with E-state index in [9.17, 15) is 0 Å². The molecule has 3 aliphatic carbocycles. The van der Waals surface area contributed by atoms with Gasteiger partial charge in [0.2, 0.25) is 0 Å². The van der Waals surface area contributed by atoms with Crippen molar-refractivity contribution in [2.24, 2.45) is 23.7 Å². The van der Waals surface area contributed by atoms with Crippen LogP contribution in [-0.4, -0.2) is 0 Å². The average Bonchev–Trinajstić information content (AvgIpc) is 2.84. The fourth-order valence-electron chi connectivity index (χ4n) is 4.21. The van der Waals surface area contributed by atoms with Crippen LogP contribution in [-0.2, 0) is 0 Å². The predicted octanol–water partition coefficient (Wildman–Crippen LogP) is 5.12. The molecule has 0 aliphatic heterocycles. The summed E-state index contributed by atoms with van der Waals surface area (Å²) in [6.07, 6.45) is 19.1. The summed E-state index contributed by atoms with van der Waals surface area (Å²) in [6, 6.07) is 0. The van der Waals surface area contributed by atoms with E-state index in [1.165, 1.54) is 51.4 Å². The minimum atomic E-state index is 0.929. The molecule has 4 atom stereocenters. The summed E-state index contributed by atoms with van der Waals surface area (Å²) in [6.45, 7) is 2.29. The lowest BCUT2D eigenvalue weighted by Gasteiger charge is -2.37. The van der Waals surface area contributed by atoms with Gasteiger partial charge in [0.15, 0.2) is 0 Å². The molecule has 0 aromatic rings. The van der Waals surface area contributed by atoms with Crippen LogP contribution < -0.4 is 0 Å². The number of fused-ring (bicyclic) bond motifs is 5. The molecule has 0 aromatic heterocycles. The van der Waals surface area contributed by atoms with Crippen LogP contribution in [0.2, 0.25) is 0 Å². The van der Waals surface area contributed by atoms with Gasteiger partial charge in [-0.1, -0.05) is 62.8 Å². The summed E-state index contributed by atoms with van der Waals surface area (Å²) in [7, 11) is 0. The van der Waals surface area contributed by atoms with E-state index in [-0.39, 0.29) is 0 Å². The molecule has 0 saturated heterocycles. The van der Waals surface area contributed by atoms with Gasteiger partial charge in [-0.05, 0) is 42.9 Å². The first-order valence-corrected chi connectivity index (χ1v) is 7.79. The van der Waals surface area contributed by atoms with Gasteiger partial charge in [-0.15, -0.1) is 0 Å². The van der Waals surface area contributed by atoms with Crippen molar-refractivity contribution in [1.82, 2.24) is 0 Å². The van der Waals surface area contributed by atoms with Gasteiger partial charge in [0.05, 0.1) is 0 Å². The Balaban J connectivity index is 1.35. The summed E-state index contributed by atoms with van der Waals surface area (Å²) < 4.78 is 0. The highest BCUT2D eigenvalue weighted by molar-refractivity contribution is 5.34. The normalized spacial score (nSPS) is 36.9. The van der Waals surface area contributed by atoms with E-state index >= 15 is 0 Å². The topological polar surface area (TPSA) is 0 Å². The molecule has 0 heteroatoms. The molecule has 0 spiro atoms. The second kappa shape index (κ2) is 5.00. The number of rotatable bonds is 7. The van der Waals surface area contributed by atoms with Crippen LogP contribution >= 0.6 is 0 Å². The first kappa shape index (κ1) is 11.6. The molecule has 0 amide bonds. The van der Waals surface area contributed by atoms with Crippen LogP contribution in [0.3, 0.4) is 0 Å². The Morgan fingerprint density at radius 2 is 1.76 bits per heavy atom. The molecule has 3 rings (SSSR count). The van der Waals surface area contributed by atoms with Gasteiger partial charge in [0, 0.05) is 0 Å². The standard InChI is InChI=1S/C17H26/c1-2-3-4-5-6-7-8-14-12-16-13-9-10-15(11-13)17(14)16/h9-10,12-13,15-17H,2-8,11H2,1H3/t13-,15+,16+,17-/m1/s1. The van der Waals surface area contributed by atoms with E-state index in [2.05, 4.69) is 25.2 Å². The van der Waals surface area contributed by atoms with Crippen molar-refractivity contribution in [3.8, 4) is 0 Å². The lowest BCUT2D eigenvalue weighted by atomic mass is 9.67. The third-order valence-electron chi connectivity index (χ3n) is 5.17. The van der Waals surface area contributed by atoms with Crippen LogP contribution in [0, 0.1) is 23.7 Å². The van der Waals surface area contributed by atoms with Crippen LogP contribution in [0.1, 0.15) is 58.3 Å². The highest BCUT2D eigenvalue weighted by Gasteiger charge is 2.49. The van der Waals surface area contributed by atoms with Gasteiger partial charge >= 0.3 is 0 Å². The zero-order valence-corrected chi connectivity index (χ0v) is 11.2.